The summed E-state index contributed by atoms with van der Waals surface area (Å²) in [5, 5.41) is 5.76. The summed E-state index contributed by atoms with van der Waals surface area (Å²) in [7, 11) is 0. The van der Waals surface area contributed by atoms with Gasteiger partial charge in [-0.25, -0.2) is 0 Å². The third-order valence-corrected chi connectivity index (χ3v) is 2.21. The Balaban J connectivity index is 4.36. The maximum absolute atomic E-state index is 10.6. The molecule has 0 aromatic carbocycles. The zero-order valence-electron chi connectivity index (χ0n) is 9.51. The summed E-state index contributed by atoms with van der Waals surface area (Å²) < 4.78 is 0. The van der Waals surface area contributed by atoms with Crippen LogP contribution in [0.1, 0.15) is 27.2 Å². The lowest BCUT2D eigenvalue weighted by Crippen LogP contribution is -2.14. The van der Waals surface area contributed by atoms with E-state index in [4.69, 9.17) is 0 Å². The van der Waals surface area contributed by atoms with Gasteiger partial charge in [-0.2, -0.15) is 9.81 Å². The van der Waals surface area contributed by atoms with Gasteiger partial charge in [0.05, 0.1) is 12.6 Å². The standard InChI is InChI=1S/C11H18N2O2/c1-4-5-9(2)8-10(3)11(13-15)6-7-12-14/h4-5,8,10-11H,6-7H2,1-3H3/b5-4-,9-8+/t10-,11-/m0/s1. The molecular formula is C11H18N2O2. The van der Waals surface area contributed by atoms with Crippen molar-refractivity contribution in [3.63, 3.8) is 0 Å². The van der Waals surface area contributed by atoms with Crippen LogP contribution < -0.4 is 0 Å². The molecule has 0 spiro atoms. The summed E-state index contributed by atoms with van der Waals surface area (Å²) in [5.74, 6) is 0.0421. The number of nitrogens with zero attached hydrogens (tertiary/aromatic N) is 2. The Morgan fingerprint density at radius 1 is 1.40 bits per heavy atom. The van der Waals surface area contributed by atoms with Gasteiger partial charge in [-0.1, -0.05) is 41.1 Å². The molecule has 4 nitrogen and oxygen atoms in total. The molecule has 0 aromatic heterocycles. The third kappa shape index (κ3) is 5.88. The first kappa shape index (κ1) is 13.7. The van der Waals surface area contributed by atoms with Crippen LogP contribution in [0.3, 0.4) is 0 Å². The van der Waals surface area contributed by atoms with Crippen LogP contribution in [-0.2, 0) is 0 Å². The molecule has 0 N–H and O–H groups in total. The van der Waals surface area contributed by atoms with Crippen molar-refractivity contribution in [2.24, 2.45) is 16.3 Å². The molecular weight excluding hydrogens is 192 g/mol. The molecule has 0 saturated heterocycles. The third-order valence-electron chi connectivity index (χ3n) is 2.21. The SMILES string of the molecule is C/C=C\C(C)=C\[C@H](C)[C@H](CCN=O)N=O. The second-order valence-electron chi connectivity index (χ2n) is 3.58. The van der Waals surface area contributed by atoms with E-state index in [2.05, 4.69) is 10.4 Å². The largest absolute Gasteiger partial charge is 0.151 e. The van der Waals surface area contributed by atoms with Crippen LogP contribution in [0.25, 0.3) is 0 Å². The van der Waals surface area contributed by atoms with Crippen molar-refractivity contribution in [3.8, 4) is 0 Å². The minimum absolute atomic E-state index is 0.0421. The van der Waals surface area contributed by atoms with Crippen molar-refractivity contribution in [2.75, 3.05) is 6.54 Å². The summed E-state index contributed by atoms with van der Waals surface area (Å²) in [6.07, 6.45) is 6.32. The smallest absolute Gasteiger partial charge is 0.0998 e. The maximum Gasteiger partial charge on any atom is 0.0998 e. The van der Waals surface area contributed by atoms with Crippen LogP contribution in [0.5, 0.6) is 0 Å². The lowest BCUT2D eigenvalue weighted by Gasteiger charge is -2.12. The molecule has 0 radical (unpaired) electrons. The second-order valence-corrected chi connectivity index (χ2v) is 3.58. The van der Waals surface area contributed by atoms with Crippen LogP contribution in [0, 0.1) is 15.7 Å². The van der Waals surface area contributed by atoms with Crippen molar-refractivity contribution >= 4 is 0 Å². The Kier molecular flexibility index (Phi) is 7.32. The van der Waals surface area contributed by atoms with E-state index < -0.39 is 0 Å². The lowest BCUT2D eigenvalue weighted by atomic mass is 9.97. The maximum atomic E-state index is 10.6. The Morgan fingerprint density at radius 3 is 2.53 bits per heavy atom. The highest BCUT2D eigenvalue weighted by Gasteiger charge is 2.15. The van der Waals surface area contributed by atoms with E-state index in [0.717, 1.165) is 5.57 Å². The monoisotopic (exact) mass is 210 g/mol. The predicted molar refractivity (Wildman–Crippen MR) is 62.6 cm³/mol. The number of nitroso groups, excluding NO2 is 2. The molecule has 4 heteroatoms. The molecule has 0 aliphatic rings. The van der Waals surface area contributed by atoms with Gasteiger partial charge in [0, 0.05) is 5.92 Å². The van der Waals surface area contributed by atoms with Gasteiger partial charge >= 0.3 is 0 Å². The Hall–Kier alpha value is -1.32. The number of hydrogen-bond donors (Lipinski definition) is 0. The summed E-state index contributed by atoms with van der Waals surface area (Å²) >= 11 is 0. The van der Waals surface area contributed by atoms with Crippen molar-refractivity contribution in [2.45, 2.75) is 33.2 Å². The first-order valence-electron chi connectivity index (χ1n) is 5.08. The average Bonchev–Trinajstić information content (AvgIpc) is 2.19. The molecule has 0 fully saturated rings. The van der Waals surface area contributed by atoms with Crippen molar-refractivity contribution in [3.05, 3.63) is 33.6 Å². The number of allylic oxidation sites excluding steroid dienone is 3. The Bertz CT molecular complexity index is 259. The van der Waals surface area contributed by atoms with E-state index in [1.807, 2.05) is 39.0 Å². The summed E-state index contributed by atoms with van der Waals surface area (Å²) in [4.78, 5) is 20.5. The Labute approximate surface area is 90.4 Å². The van der Waals surface area contributed by atoms with Gasteiger partial charge in [-0.15, -0.1) is 0 Å². The van der Waals surface area contributed by atoms with E-state index in [-0.39, 0.29) is 18.5 Å². The first-order chi connectivity index (χ1) is 7.15. The molecule has 0 heterocycles. The minimum Gasteiger partial charge on any atom is -0.151 e. The molecule has 0 aromatic rings. The molecule has 0 bridgehead atoms. The fraction of sp³-hybridized carbons (Fsp3) is 0.636. The molecule has 0 unspecified atom stereocenters. The fourth-order valence-corrected chi connectivity index (χ4v) is 1.44. The van der Waals surface area contributed by atoms with Crippen LogP contribution in [0.4, 0.5) is 0 Å². The highest BCUT2D eigenvalue weighted by atomic mass is 16.3. The van der Waals surface area contributed by atoms with Gasteiger partial charge in [0.25, 0.3) is 0 Å². The molecule has 0 aliphatic carbocycles. The highest BCUT2D eigenvalue weighted by Crippen LogP contribution is 2.15. The molecule has 84 valence electrons. The van der Waals surface area contributed by atoms with Crippen LogP contribution in [0.2, 0.25) is 0 Å². The molecule has 0 rings (SSSR count). The summed E-state index contributed by atoms with van der Waals surface area (Å²) in [6.45, 7) is 5.98. The van der Waals surface area contributed by atoms with Gasteiger partial charge in [-0.3, -0.25) is 0 Å². The van der Waals surface area contributed by atoms with Crippen LogP contribution in [-0.4, -0.2) is 12.6 Å². The molecule has 0 aliphatic heterocycles. The molecule has 15 heavy (non-hydrogen) atoms. The van der Waals surface area contributed by atoms with Crippen LogP contribution >= 0.6 is 0 Å². The van der Waals surface area contributed by atoms with Gasteiger partial charge in [0.2, 0.25) is 0 Å². The molecule has 0 amide bonds. The van der Waals surface area contributed by atoms with Gasteiger partial charge in [0.1, 0.15) is 0 Å². The van der Waals surface area contributed by atoms with Gasteiger partial charge in [-0.05, 0) is 20.3 Å². The Morgan fingerprint density at radius 2 is 2.07 bits per heavy atom. The van der Waals surface area contributed by atoms with Gasteiger partial charge in [0.15, 0.2) is 0 Å². The quantitative estimate of drug-likeness (QED) is 0.477. The van der Waals surface area contributed by atoms with Crippen molar-refractivity contribution < 1.29 is 0 Å². The first-order valence-corrected chi connectivity index (χ1v) is 5.08. The predicted octanol–water partition coefficient (Wildman–Crippen LogP) is 3.44. The average molecular weight is 210 g/mol. The molecule has 2 atom stereocenters. The second kappa shape index (κ2) is 8.03. The topological polar surface area (TPSA) is 58.9 Å². The van der Waals surface area contributed by atoms with Gasteiger partial charge < -0.3 is 0 Å². The van der Waals surface area contributed by atoms with Crippen LogP contribution in [0.15, 0.2) is 34.2 Å². The lowest BCUT2D eigenvalue weighted by molar-refractivity contribution is 0.507. The highest BCUT2D eigenvalue weighted by molar-refractivity contribution is 5.16. The fourth-order valence-electron chi connectivity index (χ4n) is 1.44. The van der Waals surface area contributed by atoms with Crippen molar-refractivity contribution in [1.29, 1.82) is 0 Å². The zero-order chi connectivity index (χ0) is 11.7. The molecule has 0 saturated carbocycles. The van der Waals surface area contributed by atoms with E-state index in [1.54, 1.807) is 0 Å². The minimum atomic E-state index is -0.358. The van der Waals surface area contributed by atoms with E-state index in [9.17, 15) is 9.81 Å². The summed E-state index contributed by atoms with van der Waals surface area (Å²) in [6, 6.07) is -0.358. The van der Waals surface area contributed by atoms with E-state index >= 15 is 0 Å². The normalized spacial score (nSPS) is 16.3. The number of rotatable bonds is 7. The number of hydrogen-bond acceptors (Lipinski definition) is 4. The zero-order valence-corrected chi connectivity index (χ0v) is 9.51. The van der Waals surface area contributed by atoms with E-state index in [1.165, 1.54) is 0 Å². The van der Waals surface area contributed by atoms with E-state index in [0.29, 0.717) is 6.42 Å². The summed E-state index contributed by atoms with van der Waals surface area (Å²) in [5.41, 5.74) is 1.10. The van der Waals surface area contributed by atoms with Crippen molar-refractivity contribution in [1.82, 2.24) is 0 Å².